The fraction of sp³-hybridized carbons (Fsp3) is 0.345. The van der Waals surface area contributed by atoms with Gasteiger partial charge in [0.2, 0.25) is 0 Å². The van der Waals surface area contributed by atoms with Crippen LogP contribution < -0.4 is 13.6 Å². The van der Waals surface area contributed by atoms with E-state index in [-0.39, 0.29) is 5.97 Å². The van der Waals surface area contributed by atoms with E-state index >= 15 is 0 Å². The predicted octanol–water partition coefficient (Wildman–Crippen LogP) is 7.97. The maximum Gasteiger partial charge on any atom is 0.647 e. The number of phosphoric acid groups is 1. The fourth-order valence-electron chi connectivity index (χ4n) is 2.90. The third-order valence-corrected chi connectivity index (χ3v) is 6.20. The lowest BCUT2D eigenvalue weighted by Crippen LogP contribution is -2.16. The van der Waals surface area contributed by atoms with Crippen molar-refractivity contribution in [1.29, 1.82) is 0 Å². The molecule has 3 aromatic rings. The van der Waals surface area contributed by atoms with Crippen molar-refractivity contribution >= 4 is 13.8 Å². The molecule has 0 radical (unpaired) electrons. The quantitative estimate of drug-likeness (QED) is 0.108. The lowest BCUT2D eigenvalue weighted by Gasteiger charge is -2.19. The van der Waals surface area contributed by atoms with E-state index in [1.807, 2.05) is 57.2 Å². The zero-order valence-electron chi connectivity index (χ0n) is 22.4. The van der Waals surface area contributed by atoms with Crippen LogP contribution in [0.1, 0.15) is 50.3 Å². The molecule has 0 saturated heterocycles. The summed E-state index contributed by atoms with van der Waals surface area (Å²) >= 11 is 0. The molecule has 8 heteroatoms. The van der Waals surface area contributed by atoms with E-state index in [0.29, 0.717) is 23.9 Å². The molecule has 1 unspecified atom stereocenters. The number of hydrogen-bond donors (Lipinski definition) is 0. The van der Waals surface area contributed by atoms with Crippen LogP contribution in [0.3, 0.4) is 0 Å². The van der Waals surface area contributed by atoms with E-state index in [1.54, 1.807) is 43.3 Å². The van der Waals surface area contributed by atoms with Crippen LogP contribution in [0.5, 0.6) is 17.2 Å². The first-order valence-corrected chi connectivity index (χ1v) is 13.7. The first kappa shape index (κ1) is 29.9. The van der Waals surface area contributed by atoms with Gasteiger partial charge in [-0.25, -0.2) is 0 Å². The van der Waals surface area contributed by atoms with Crippen molar-refractivity contribution in [2.24, 2.45) is 0 Å². The summed E-state index contributed by atoms with van der Waals surface area (Å²) in [5, 5.41) is 0. The fourth-order valence-corrected chi connectivity index (χ4v) is 4.15. The number of unbranched alkanes of at least 4 members (excludes halogenated alkanes) is 1. The highest BCUT2D eigenvalue weighted by atomic mass is 31.2. The first-order chi connectivity index (χ1) is 17.6. The van der Waals surface area contributed by atoms with Crippen LogP contribution in [-0.4, -0.2) is 18.9 Å². The van der Waals surface area contributed by atoms with Gasteiger partial charge in [0.05, 0.1) is 6.61 Å². The van der Waals surface area contributed by atoms with Crippen LogP contribution in [0.2, 0.25) is 0 Å². The van der Waals surface area contributed by atoms with Crippen molar-refractivity contribution < 1.29 is 32.4 Å². The van der Waals surface area contributed by atoms with Gasteiger partial charge in [0.15, 0.2) is 6.29 Å². The van der Waals surface area contributed by atoms with Gasteiger partial charge in [0, 0.05) is 6.92 Å². The highest BCUT2D eigenvalue weighted by Gasteiger charge is 2.33. The summed E-state index contributed by atoms with van der Waals surface area (Å²) in [6.45, 7) is 11.7. The molecule has 0 spiro atoms. The van der Waals surface area contributed by atoms with Crippen LogP contribution in [0, 0.1) is 20.8 Å². The van der Waals surface area contributed by atoms with Gasteiger partial charge in [-0.3, -0.25) is 4.79 Å². The minimum absolute atomic E-state index is 0.297. The number of hydrogen-bond acceptors (Lipinski definition) is 7. The molecular formula is C29H37O7P. The first-order valence-electron chi connectivity index (χ1n) is 12.3. The van der Waals surface area contributed by atoms with E-state index in [1.165, 1.54) is 6.92 Å². The highest BCUT2D eigenvalue weighted by molar-refractivity contribution is 7.49. The Kier molecular flexibility index (Phi) is 12.2. The summed E-state index contributed by atoms with van der Waals surface area (Å²) in [5.41, 5.74) is 3.23. The predicted molar refractivity (Wildman–Crippen MR) is 145 cm³/mol. The Hall–Kier alpha value is -3.28. The van der Waals surface area contributed by atoms with Crippen molar-refractivity contribution in [2.45, 2.75) is 60.7 Å². The van der Waals surface area contributed by atoms with Crippen molar-refractivity contribution in [2.75, 3.05) is 6.61 Å². The lowest BCUT2D eigenvalue weighted by molar-refractivity contribution is -0.172. The van der Waals surface area contributed by atoms with Crippen molar-refractivity contribution in [1.82, 2.24) is 0 Å². The van der Waals surface area contributed by atoms with E-state index in [0.717, 1.165) is 29.5 Å². The third-order valence-electron chi connectivity index (χ3n) is 4.90. The summed E-state index contributed by atoms with van der Waals surface area (Å²) in [7, 11) is -3.93. The molecule has 0 aliphatic rings. The van der Waals surface area contributed by atoms with Crippen molar-refractivity contribution in [3.63, 3.8) is 0 Å². The van der Waals surface area contributed by atoms with Crippen molar-refractivity contribution in [3.05, 3.63) is 89.5 Å². The monoisotopic (exact) mass is 528 g/mol. The van der Waals surface area contributed by atoms with Gasteiger partial charge in [-0.05, 0) is 70.5 Å². The largest absolute Gasteiger partial charge is 0.647 e. The molecule has 200 valence electrons. The van der Waals surface area contributed by atoms with Crippen molar-refractivity contribution in [3.8, 4) is 17.2 Å². The Balaban J connectivity index is 0.000000371. The number of ether oxygens (including phenoxy) is 2. The number of aryl methyl sites for hydroxylation is 3. The molecule has 0 aliphatic heterocycles. The molecule has 0 aromatic heterocycles. The molecule has 1 atom stereocenters. The summed E-state index contributed by atoms with van der Waals surface area (Å²) in [4.78, 5) is 10.4. The second kappa shape index (κ2) is 15.1. The molecular weight excluding hydrogens is 491 g/mol. The van der Waals surface area contributed by atoms with Gasteiger partial charge >= 0.3 is 13.8 Å². The van der Waals surface area contributed by atoms with Crippen LogP contribution in [0.4, 0.5) is 0 Å². The maximum atomic E-state index is 13.3. The van der Waals surface area contributed by atoms with Gasteiger partial charge in [-0.2, -0.15) is 4.57 Å². The van der Waals surface area contributed by atoms with Crippen LogP contribution >= 0.6 is 7.82 Å². The minimum atomic E-state index is -3.93. The molecule has 3 rings (SSSR count). The molecule has 0 N–H and O–H groups in total. The lowest BCUT2D eigenvalue weighted by atomic mass is 10.2. The second-order valence-corrected chi connectivity index (χ2v) is 10.0. The Bertz CT molecular complexity index is 1000. The van der Waals surface area contributed by atoms with Gasteiger partial charge in [-0.15, -0.1) is 0 Å². The normalized spacial score (nSPS) is 11.5. The highest BCUT2D eigenvalue weighted by Crippen LogP contribution is 2.49. The topological polar surface area (TPSA) is 80.3 Å². The van der Waals surface area contributed by atoms with E-state index in [2.05, 4.69) is 6.92 Å². The van der Waals surface area contributed by atoms with Gasteiger partial charge in [-0.1, -0.05) is 66.4 Å². The zero-order valence-corrected chi connectivity index (χ0v) is 23.3. The molecule has 0 saturated carbocycles. The van der Waals surface area contributed by atoms with Gasteiger partial charge in [0.1, 0.15) is 17.2 Å². The molecule has 0 fully saturated rings. The number of phosphoric ester groups is 1. The Morgan fingerprint density at radius 1 is 0.730 bits per heavy atom. The zero-order chi connectivity index (χ0) is 27.3. The third kappa shape index (κ3) is 12.0. The number of carbonyl (C=O) groups is 1. The number of esters is 1. The Morgan fingerprint density at radius 2 is 1.08 bits per heavy atom. The van der Waals surface area contributed by atoms with Crippen LogP contribution in [0.25, 0.3) is 0 Å². The SMILES string of the molecule is CCCCOC(C)OC(C)=O.Cc1ccc(OP(=O)(Oc2ccc(C)cc2)Oc2ccc(C)cc2)cc1. The number of rotatable bonds is 11. The molecule has 0 amide bonds. The van der Waals surface area contributed by atoms with E-state index in [4.69, 9.17) is 23.0 Å². The summed E-state index contributed by atoms with van der Waals surface area (Å²) < 4.78 is 40.1. The molecule has 37 heavy (non-hydrogen) atoms. The number of benzene rings is 3. The van der Waals surface area contributed by atoms with E-state index in [9.17, 15) is 9.36 Å². The molecule has 0 heterocycles. The molecule has 3 aromatic carbocycles. The van der Waals surface area contributed by atoms with Gasteiger partial charge < -0.3 is 23.0 Å². The van der Waals surface area contributed by atoms with Crippen LogP contribution in [-0.2, 0) is 18.8 Å². The minimum Gasteiger partial charge on any atom is -0.436 e. The Morgan fingerprint density at radius 3 is 1.38 bits per heavy atom. The summed E-state index contributed by atoms with van der Waals surface area (Å²) in [6.07, 6.45) is 1.69. The van der Waals surface area contributed by atoms with E-state index < -0.39 is 14.1 Å². The Labute approximate surface area is 220 Å². The molecule has 7 nitrogen and oxygen atoms in total. The number of carbonyl (C=O) groups excluding carboxylic acids is 1. The van der Waals surface area contributed by atoms with Crippen LogP contribution in [0.15, 0.2) is 72.8 Å². The smallest absolute Gasteiger partial charge is 0.436 e. The average Bonchev–Trinajstić information content (AvgIpc) is 2.84. The molecule has 0 aliphatic carbocycles. The molecule has 0 bridgehead atoms. The summed E-state index contributed by atoms with van der Waals surface area (Å²) in [6, 6.07) is 21.6. The average molecular weight is 529 g/mol. The maximum absolute atomic E-state index is 13.3. The van der Waals surface area contributed by atoms with Gasteiger partial charge in [0.25, 0.3) is 0 Å². The summed E-state index contributed by atoms with van der Waals surface area (Å²) in [5.74, 6) is 0.948. The second-order valence-electron chi connectivity index (χ2n) is 8.56. The standard InChI is InChI=1S/C21H21O4P.C8H16O3/c1-16-4-10-19(11-5-16)23-26(22,24-20-12-6-17(2)7-13-20)25-21-14-8-18(3)9-15-21;1-4-5-6-10-8(3)11-7(2)9/h4-15H,1-3H3;8H,4-6H2,1-3H3.